The summed E-state index contributed by atoms with van der Waals surface area (Å²) in [6.07, 6.45) is 6.30. The lowest BCUT2D eigenvalue weighted by Crippen LogP contribution is -2.71. The van der Waals surface area contributed by atoms with Crippen LogP contribution in [0.15, 0.2) is 24.5 Å². The van der Waals surface area contributed by atoms with Gasteiger partial charge in [0.1, 0.15) is 12.1 Å². The molecule has 4 atom stereocenters. The standard InChI is InChI=1S/C19H24N6O3/c26-15-5-4-12(25-11-20-22-23-25)10-14(15)19(27)21-16-13-6-9-28-18(13)17(16)24-7-2-1-3-8-24/h4-5,10-11,13,16-18,26H,1-3,6-9H2,(H,21,27)/t13-,16+,17-,18-/m1/s1. The summed E-state index contributed by atoms with van der Waals surface area (Å²) < 4.78 is 7.41. The van der Waals surface area contributed by atoms with Crippen molar-refractivity contribution < 1.29 is 14.6 Å². The van der Waals surface area contributed by atoms with Gasteiger partial charge in [0.05, 0.1) is 29.4 Å². The largest absolute Gasteiger partial charge is 0.507 e. The van der Waals surface area contributed by atoms with E-state index in [1.165, 1.54) is 36.3 Å². The number of tetrazole rings is 1. The monoisotopic (exact) mass is 384 g/mol. The molecule has 28 heavy (non-hydrogen) atoms. The molecule has 2 aliphatic heterocycles. The number of fused-ring (bicyclic) bond motifs is 1. The Hall–Kier alpha value is -2.52. The number of aromatic nitrogens is 4. The first kappa shape index (κ1) is 17.6. The topological polar surface area (TPSA) is 105 Å². The minimum atomic E-state index is -0.273. The van der Waals surface area contributed by atoms with Crippen LogP contribution < -0.4 is 5.32 Å². The zero-order valence-corrected chi connectivity index (χ0v) is 15.6. The number of phenols is 1. The predicted molar refractivity (Wildman–Crippen MR) is 99.1 cm³/mol. The van der Waals surface area contributed by atoms with Crippen LogP contribution in [-0.2, 0) is 4.74 Å². The Labute approximate surface area is 162 Å². The fourth-order valence-electron chi connectivity index (χ4n) is 4.88. The quantitative estimate of drug-likeness (QED) is 0.801. The first-order valence-corrected chi connectivity index (χ1v) is 9.95. The number of nitrogens with zero attached hydrogens (tertiary/aromatic N) is 5. The molecule has 3 heterocycles. The molecule has 1 aliphatic carbocycles. The molecule has 2 aromatic rings. The zero-order chi connectivity index (χ0) is 19.1. The van der Waals surface area contributed by atoms with E-state index in [1.807, 2.05) is 0 Å². The second-order valence-electron chi connectivity index (χ2n) is 7.83. The number of piperidine rings is 1. The molecular formula is C19H24N6O3. The Morgan fingerprint density at radius 3 is 2.89 bits per heavy atom. The summed E-state index contributed by atoms with van der Waals surface area (Å²) in [5.41, 5.74) is 0.851. The maximum absolute atomic E-state index is 13.0. The van der Waals surface area contributed by atoms with Crippen molar-refractivity contribution in [3.63, 3.8) is 0 Å². The van der Waals surface area contributed by atoms with E-state index >= 15 is 0 Å². The average molecular weight is 384 g/mol. The minimum Gasteiger partial charge on any atom is -0.507 e. The van der Waals surface area contributed by atoms with Crippen LogP contribution in [0.3, 0.4) is 0 Å². The molecule has 0 spiro atoms. The van der Waals surface area contributed by atoms with Crippen LogP contribution in [0, 0.1) is 5.92 Å². The second kappa shape index (κ2) is 7.14. The van der Waals surface area contributed by atoms with Crippen molar-refractivity contribution >= 4 is 5.91 Å². The molecular weight excluding hydrogens is 360 g/mol. The van der Waals surface area contributed by atoms with Crippen LogP contribution in [0.4, 0.5) is 0 Å². The van der Waals surface area contributed by atoms with Gasteiger partial charge in [-0.2, -0.15) is 0 Å². The van der Waals surface area contributed by atoms with Gasteiger partial charge >= 0.3 is 0 Å². The lowest BCUT2D eigenvalue weighted by molar-refractivity contribution is -0.0862. The van der Waals surface area contributed by atoms with Crippen molar-refractivity contribution in [2.75, 3.05) is 19.7 Å². The highest BCUT2D eigenvalue weighted by atomic mass is 16.5. The summed E-state index contributed by atoms with van der Waals surface area (Å²) in [7, 11) is 0. The summed E-state index contributed by atoms with van der Waals surface area (Å²) in [6, 6.07) is 5.05. The smallest absolute Gasteiger partial charge is 0.255 e. The molecule has 9 heteroatoms. The van der Waals surface area contributed by atoms with Crippen molar-refractivity contribution in [3.05, 3.63) is 30.1 Å². The van der Waals surface area contributed by atoms with Crippen LogP contribution in [-0.4, -0.2) is 74.0 Å². The molecule has 2 saturated heterocycles. The summed E-state index contributed by atoms with van der Waals surface area (Å²) in [5.74, 6) is 0.0212. The summed E-state index contributed by atoms with van der Waals surface area (Å²) in [6.45, 7) is 2.87. The number of aromatic hydroxyl groups is 1. The van der Waals surface area contributed by atoms with Crippen molar-refractivity contribution in [1.82, 2.24) is 30.4 Å². The molecule has 3 fully saturated rings. The molecule has 3 aliphatic rings. The van der Waals surface area contributed by atoms with Crippen LogP contribution in [0.2, 0.25) is 0 Å². The Morgan fingerprint density at radius 2 is 2.11 bits per heavy atom. The van der Waals surface area contributed by atoms with E-state index in [0.29, 0.717) is 11.6 Å². The summed E-state index contributed by atoms with van der Waals surface area (Å²) in [4.78, 5) is 15.5. The second-order valence-corrected chi connectivity index (χ2v) is 7.83. The molecule has 1 aromatic carbocycles. The van der Waals surface area contributed by atoms with Gasteiger partial charge in [0.15, 0.2) is 0 Å². The first-order chi connectivity index (χ1) is 13.7. The first-order valence-electron chi connectivity index (χ1n) is 9.95. The number of likely N-dealkylation sites (tertiary alicyclic amines) is 1. The number of benzene rings is 1. The van der Waals surface area contributed by atoms with E-state index < -0.39 is 0 Å². The van der Waals surface area contributed by atoms with Gasteiger partial charge in [0, 0.05) is 12.5 Å². The number of phenolic OH excluding ortho intramolecular Hbond substituents is 1. The van der Waals surface area contributed by atoms with Gasteiger partial charge in [-0.3, -0.25) is 9.69 Å². The lowest BCUT2D eigenvalue weighted by atomic mass is 9.70. The highest BCUT2D eigenvalue weighted by Gasteiger charge is 2.56. The molecule has 9 nitrogen and oxygen atoms in total. The number of carbonyl (C=O) groups excluding carboxylic acids is 1. The number of hydrogen-bond donors (Lipinski definition) is 2. The molecule has 0 unspecified atom stereocenters. The van der Waals surface area contributed by atoms with Gasteiger partial charge in [-0.15, -0.1) is 5.10 Å². The minimum absolute atomic E-state index is 0.0502. The number of hydrogen-bond acceptors (Lipinski definition) is 7. The molecule has 148 valence electrons. The molecule has 5 rings (SSSR count). The Balaban J connectivity index is 1.36. The zero-order valence-electron chi connectivity index (χ0n) is 15.6. The third kappa shape index (κ3) is 2.94. The molecule has 1 aromatic heterocycles. The van der Waals surface area contributed by atoms with Crippen LogP contribution >= 0.6 is 0 Å². The number of amides is 1. The third-order valence-electron chi connectivity index (χ3n) is 6.30. The molecule has 0 bridgehead atoms. The maximum atomic E-state index is 13.0. The average Bonchev–Trinajstić information content (AvgIpc) is 3.38. The van der Waals surface area contributed by atoms with E-state index in [0.717, 1.165) is 26.1 Å². The number of nitrogens with one attached hydrogen (secondary N) is 1. The van der Waals surface area contributed by atoms with Crippen LogP contribution in [0.5, 0.6) is 5.75 Å². The van der Waals surface area contributed by atoms with E-state index in [4.69, 9.17) is 4.74 Å². The Kier molecular flexibility index (Phi) is 4.48. The van der Waals surface area contributed by atoms with Gasteiger partial charge in [-0.25, -0.2) is 4.68 Å². The van der Waals surface area contributed by atoms with E-state index in [1.54, 1.807) is 12.1 Å². The highest BCUT2D eigenvalue weighted by molar-refractivity contribution is 5.97. The molecule has 0 radical (unpaired) electrons. The van der Waals surface area contributed by atoms with Crippen LogP contribution in [0.25, 0.3) is 5.69 Å². The lowest BCUT2D eigenvalue weighted by Gasteiger charge is -2.53. The maximum Gasteiger partial charge on any atom is 0.255 e. The summed E-state index contributed by atoms with van der Waals surface area (Å²) >= 11 is 0. The SMILES string of the molecule is O=C(N[C@H]1[C@H]2CCO[C@H]2[C@@H]1N1CCCCC1)c1cc(-n2cnnn2)ccc1O. The summed E-state index contributed by atoms with van der Waals surface area (Å²) in [5, 5.41) is 24.5. The van der Waals surface area contributed by atoms with Crippen molar-refractivity contribution in [2.45, 2.75) is 43.9 Å². The molecule has 1 amide bonds. The van der Waals surface area contributed by atoms with E-state index in [-0.39, 0.29) is 35.4 Å². The third-order valence-corrected chi connectivity index (χ3v) is 6.30. The normalized spacial score (nSPS) is 29.9. The Morgan fingerprint density at radius 1 is 1.25 bits per heavy atom. The van der Waals surface area contributed by atoms with E-state index in [2.05, 4.69) is 25.7 Å². The highest BCUT2D eigenvalue weighted by Crippen LogP contribution is 2.42. The Bertz CT molecular complexity index is 851. The fourth-order valence-corrected chi connectivity index (χ4v) is 4.88. The number of carbonyl (C=O) groups is 1. The molecule has 1 saturated carbocycles. The fraction of sp³-hybridized carbons (Fsp3) is 0.579. The van der Waals surface area contributed by atoms with Gasteiger partial charge < -0.3 is 15.2 Å². The predicted octanol–water partition coefficient (Wildman–Crippen LogP) is 0.739. The van der Waals surface area contributed by atoms with Gasteiger partial charge in [0.2, 0.25) is 0 Å². The van der Waals surface area contributed by atoms with E-state index in [9.17, 15) is 9.90 Å². The van der Waals surface area contributed by atoms with Crippen molar-refractivity contribution in [3.8, 4) is 11.4 Å². The number of ether oxygens (including phenoxy) is 1. The van der Waals surface area contributed by atoms with Crippen molar-refractivity contribution in [1.29, 1.82) is 0 Å². The van der Waals surface area contributed by atoms with Gasteiger partial charge in [0.25, 0.3) is 5.91 Å². The van der Waals surface area contributed by atoms with Crippen molar-refractivity contribution in [2.24, 2.45) is 5.92 Å². The van der Waals surface area contributed by atoms with Gasteiger partial charge in [-0.1, -0.05) is 6.42 Å². The van der Waals surface area contributed by atoms with Crippen LogP contribution in [0.1, 0.15) is 36.0 Å². The van der Waals surface area contributed by atoms with Gasteiger partial charge in [-0.05, 0) is 61.0 Å². The number of rotatable bonds is 4. The molecule has 2 N–H and O–H groups in total.